The van der Waals surface area contributed by atoms with E-state index in [2.05, 4.69) is 10.1 Å². The summed E-state index contributed by atoms with van der Waals surface area (Å²) in [4.78, 5) is 22.6. The average molecular weight is 268 g/mol. The lowest BCUT2D eigenvalue weighted by atomic mass is 10.0. The number of nitrogens with two attached hydrogens (primary N) is 1. The summed E-state index contributed by atoms with van der Waals surface area (Å²) in [7, 11) is 1.29. The van der Waals surface area contributed by atoms with Gasteiger partial charge in [-0.25, -0.2) is 4.79 Å². The highest BCUT2D eigenvalue weighted by molar-refractivity contribution is 5.86. The Labute approximate surface area is 112 Å². The van der Waals surface area contributed by atoms with Crippen LogP contribution in [0.3, 0.4) is 0 Å². The highest BCUT2D eigenvalue weighted by atomic mass is 16.5. The molecule has 1 aromatic heterocycles. The molecule has 0 saturated carbocycles. The zero-order valence-electron chi connectivity index (χ0n) is 11.6. The lowest BCUT2D eigenvalue weighted by molar-refractivity contribution is -0.121. The zero-order valence-corrected chi connectivity index (χ0v) is 11.6. The first-order valence-corrected chi connectivity index (χ1v) is 6.10. The van der Waals surface area contributed by atoms with Crippen molar-refractivity contribution in [2.24, 2.45) is 11.7 Å². The van der Waals surface area contributed by atoms with Crippen LogP contribution in [0.1, 0.15) is 43.1 Å². The van der Waals surface area contributed by atoms with Crippen molar-refractivity contribution in [1.82, 2.24) is 5.32 Å². The third-order valence-electron chi connectivity index (χ3n) is 2.84. The van der Waals surface area contributed by atoms with E-state index in [-0.39, 0.29) is 17.7 Å². The number of hydrogen-bond acceptors (Lipinski definition) is 5. The second-order valence-electron chi connectivity index (χ2n) is 4.71. The molecule has 0 fully saturated rings. The number of carbonyl (C=O) groups excluding carboxylic acids is 2. The van der Waals surface area contributed by atoms with Gasteiger partial charge < -0.3 is 14.9 Å². The first-order valence-electron chi connectivity index (χ1n) is 6.10. The number of ether oxygens (including phenoxy) is 1. The summed E-state index contributed by atoms with van der Waals surface area (Å²) >= 11 is 0. The highest BCUT2D eigenvalue weighted by Crippen LogP contribution is 2.18. The van der Waals surface area contributed by atoms with Crippen molar-refractivity contribution in [2.75, 3.05) is 7.11 Å². The number of furan rings is 1. The zero-order chi connectivity index (χ0) is 14.6. The van der Waals surface area contributed by atoms with Crippen LogP contribution in [0.25, 0.3) is 0 Å². The molecule has 3 N–H and O–H groups in total. The largest absolute Gasteiger partial charge is 0.463 e. The molecule has 2 unspecified atom stereocenters. The van der Waals surface area contributed by atoms with Gasteiger partial charge in [-0.2, -0.15) is 0 Å². The monoisotopic (exact) mass is 268 g/mol. The minimum Gasteiger partial charge on any atom is -0.463 e. The summed E-state index contributed by atoms with van der Waals surface area (Å²) in [6, 6.07) is 2.51. The first kappa shape index (κ1) is 15.2. The summed E-state index contributed by atoms with van der Waals surface area (Å²) in [5, 5.41) is 3.08. The molecule has 1 rings (SSSR count). The van der Waals surface area contributed by atoms with Crippen LogP contribution in [-0.2, 0) is 9.53 Å². The van der Waals surface area contributed by atoms with E-state index in [1.165, 1.54) is 13.2 Å². The first-order chi connectivity index (χ1) is 8.86. The SMILES string of the molecule is COC(=O)c1ccc(C(C)NC(C(N)=O)C(C)C)o1. The lowest BCUT2D eigenvalue weighted by Crippen LogP contribution is -2.45. The molecule has 1 amide bonds. The van der Waals surface area contributed by atoms with Crippen molar-refractivity contribution in [2.45, 2.75) is 32.9 Å². The van der Waals surface area contributed by atoms with Gasteiger partial charge in [-0.3, -0.25) is 10.1 Å². The Kier molecular flexibility index (Phi) is 5.11. The van der Waals surface area contributed by atoms with Crippen LogP contribution in [-0.4, -0.2) is 25.0 Å². The van der Waals surface area contributed by atoms with Crippen molar-refractivity contribution in [3.8, 4) is 0 Å². The van der Waals surface area contributed by atoms with Crippen molar-refractivity contribution < 1.29 is 18.7 Å². The average Bonchev–Trinajstić information content (AvgIpc) is 2.83. The number of primary amides is 1. The van der Waals surface area contributed by atoms with E-state index < -0.39 is 17.9 Å². The second-order valence-corrected chi connectivity index (χ2v) is 4.71. The number of nitrogens with one attached hydrogen (secondary N) is 1. The lowest BCUT2D eigenvalue weighted by Gasteiger charge is -2.22. The maximum absolute atomic E-state index is 11.3. The van der Waals surface area contributed by atoms with Crippen LogP contribution >= 0.6 is 0 Å². The fourth-order valence-electron chi connectivity index (χ4n) is 1.75. The van der Waals surface area contributed by atoms with E-state index in [1.54, 1.807) is 6.07 Å². The summed E-state index contributed by atoms with van der Waals surface area (Å²) in [6.45, 7) is 5.63. The van der Waals surface area contributed by atoms with Gasteiger partial charge in [0.05, 0.1) is 19.2 Å². The molecule has 0 bridgehead atoms. The number of hydrogen-bond donors (Lipinski definition) is 2. The molecule has 1 aromatic rings. The highest BCUT2D eigenvalue weighted by Gasteiger charge is 2.23. The molecular formula is C13H20N2O4. The topological polar surface area (TPSA) is 94.6 Å². The molecule has 106 valence electrons. The van der Waals surface area contributed by atoms with Crippen LogP contribution in [0.5, 0.6) is 0 Å². The normalized spacial score (nSPS) is 14.2. The molecule has 0 saturated heterocycles. The number of methoxy groups -OCH3 is 1. The molecule has 2 atom stereocenters. The van der Waals surface area contributed by atoms with E-state index in [9.17, 15) is 9.59 Å². The van der Waals surface area contributed by atoms with E-state index >= 15 is 0 Å². The Balaban J connectivity index is 2.77. The maximum atomic E-state index is 11.3. The minimum atomic E-state index is -0.534. The summed E-state index contributed by atoms with van der Waals surface area (Å²) < 4.78 is 9.93. The molecule has 0 aliphatic rings. The molecule has 19 heavy (non-hydrogen) atoms. The van der Waals surface area contributed by atoms with Crippen molar-refractivity contribution in [3.05, 3.63) is 23.7 Å². The van der Waals surface area contributed by atoms with Crippen molar-refractivity contribution in [1.29, 1.82) is 0 Å². The van der Waals surface area contributed by atoms with Gasteiger partial charge in [0.1, 0.15) is 5.76 Å². The smallest absolute Gasteiger partial charge is 0.373 e. The second kappa shape index (κ2) is 6.38. The third kappa shape index (κ3) is 3.82. The molecule has 6 nitrogen and oxygen atoms in total. The molecule has 0 radical (unpaired) electrons. The van der Waals surface area contributed by atoms with Crippen LogP contribution in [0, 0.1) is 5.92 Å². The molecule has 0 aliphatic heterocycles. The van der Waals surface area contributed by atoms with Crippen LogP contribution in [0.4, 0.5) is 0 Å². The quantitative estimate of drug-likeness (QED) is 0.757. The Morgan fingerprint density at radius 2 is 1.95 bits per heavy atom. The van der Waals surface area contributed by atoms with E-state index in [1.807, 2.05) is 20.8 Å². The summed E-state index contributed by atoms with van der Waals surface area (Å²) in [5.74, 6) is -0.205. The number of rotatable bonds is 6. The minimum absolute atomic E-state index is 0.0648. The summed E-state index contributed by atoms with van der Waals surface area (Å²) in [6.07, 6.45) is 0. The fourth-order valence-corrected chi connectivity index (χ4v) is 1.75. The van der Waals surface area contributed by atoms with Gasteiger partial charge >= 0.3 is 5.97 Å². The Morgan fingerprint density at radius 3 is 2.42 bits per heavy atom. The van der Waals surface area contributed by atoms with Crippen molar-refractivity contribution in [3.63, 3.8) is 0 Å². The molecular weight excluding hydrogens is 248 g/mol. The van der Waals surface area contributed by atoms with Gasteiger partial charge in [-0.15, -0.1) is 0 Å². The van der Waals surface area contributed by atoms with Gasteiger partial charge in [0.15, 0.2) is 0 Å². The molecule has 0 aliphatic carbocycles. The van der Waals surface area contributed by atoms with E-state index in [0.29, 0.717) is 5.76 Å². The predicted molar refractivity (Wildman–Crippen MR) is 69.4 cm³/mol. The Bertz CT molecular complexity index is 453. The Morgan fingerprint density at radius 1 is 1.32 bits per heavy atom. The predicted octanol–water partition coefficient (Wildman–Crippen LogP) is 1.23. The summed E-state index contributed by atoms with van der Waals surface area (Å²) in [5.41, 5.74) is 5.33. The van der Waals surface area contributed by atoms with Gasteiger partial charge in [0, 0.05) is 0 Å². The molecule has 1 heterocycles. The van der Waals surface area contributed by atoms with E-state index in [0.717, 1.165) is 0 Å². The van der Waals surface area contributed by atoms with Crippen LogP contribution < -0.4 is 11.1 Å². The third-order valence-corrected chi connectivity index (χ3v) is 2.84. The number of amides is 1. The van der Waals surface area contributed by atoms with Gasteiger partial charge in [-0.1, -0.05) is 13.8 Å². The number of carbonyl (C=O) groups is 2. The number of esters is 1. The van der Waals surface area contributed by atoms with Crippen LogP contribution in [0.15, 0.2) is 16.5 Å². The molecule has 6 heteroatoms. The van der Waals surface area contributed by atoms with Gasteiger partial charge in [0.2, 0.25) is 11.7 Å². The van der Waals surface area contributed by atoms with Crippen LogP contribution in [0.2, 0.25) is 0 Å². The Hall–Kier alpha value is -1.82. The fraction of sp³-hybridized carbons (Fsp3) is 0.538. The molecule has 0 spiro atoms. The van der Waals surface area contributed by atoms with Gasteiger partial charge in [-0.05, 0) is 25.0 Å². The molecule has 0 aromatic carbocycles. The maximum Gasteiger partial charge on any atom is 0.373 e. The van der Waals surface area contributed by atoms with E-state index in [4.69, 9.17) is 10.2 Å². The van der Waals surface area contributed by atoms with Crippen molar-refractivity contribution >= 4 is 11.9 Å². The standard InChI is InChI=1S/C13H20N2O4/c1-7(2)11(12(14)16)15-8(3)9-5-6-10(19-9)13(17)18-4/h5-8,11,15H,1-4H3,(H2,14,16). The van der Waals surface area contributed by atoms with Gasteiger partial charge in [0.25, 0.3) is 0 Å².